The van der Waals surface area contributed by atoms with Crippen molar-refractivity contribution in [3.63, 3.8) is 0 Å². The molecule has 0 amide bonds. The van der Waals surface area contributed by atoms with E-state index in [-0.39, 0.29) is 0 Å². The highest BCUT2D eigenvalue weighted by molar-refractivity contribution is 5.66. The second-order valence-corrected chi connectivity index (χ2v) is 5.44. The summed E-state index contributed by atoms with van der Waals surface area (Å²) in [6.45, 7) is 2.80. The molecule has 0 radical (unpaired) electrons. The van der Waals surface area contributed by atoms with Crippen LogP contribution in [0, 0.1) is 0 Å². The molecule has 1 aromatic rings. The predicted molar refractivity (Wildman–Crippen MR) is 82.2 cm³/mol. The Bertz CT molecular complexity index is 430. The van der Waals surface area contributed by atoms with Crippen molar-refractivity contribution in [2.24, 2.45) is 0 Å². The van der Waals surface area contributed by atoms with Crippen LogP contribution in [0.3, 0.4) is 0 Å². The normalized spacial score (nSPS) is 16.1. The van der Waals surface area contributed by atoms with Gasteiger partial charge in [-0.25, -0.2) is 4.98 Å². The van der Waals surface area contributed by atoms with Gasteiger partial charge in [-0.2, -0.15) is 4.98 Å². The average Bonchev–Trinajstić information content (AvgIpc) is 2.50. The molecule has 3 N–H and O–H groups in total. The minimum Gasteiger partial charge on any atom is -0.476 e. The fraction of sp³-hybridized carbons (Fsp3) is 0.733. The summed E-state index contributed by atoms with van der Waals surface area (Å²) in [5.41, 5.74) is 6.58. The number of anilines is 2. The lowest BCUT2D eigenvalue weighted by Crippen LogP contribution is -2.14. The fourth-order valence-corrected chi connectivity index (χ4v) is 2.62. The second-order valence-electron chi connectivity index (χ2n) is 5.44. The highest BCUT2D eigenvalue weighted by Crippen LogP contribution is 2.34. The first-order valence-corrected chi connectivity index (χ1v) is 7.74. The number of rotatable bonds is 6. The minimum atomic E-state index is 0.449. The lowest BCUT2D eigenvalue weighted by molar-refractivity contribution is 0.296. The summed E-state index contributed by atoms with van der Waals surface area (Å²) in [6, 6.07) is 0. The Morgan fingerprint density at radius 2 is 2.00 bits per heavy atom. The maximum absolute atomic E-state index is 6.06. The quantitative estimate of drug-likeness (QED) is 0.781. The molecular formula is C15H26N4O. The van der Waals surface area contributed by atoms with Crippen molar-refractivity contribution in [1.82, 2.24) is 9.97 Å². The number of unbranched alkanes of at least 4 members (excludes halogenated alkanes) is 1. The first-order valence-electron chi connectivity index (χ1n) is 7.74. The van der Waals surface area contributed by atoms with Crippen LogP contribution >= 0.6 is 0 Å². The van der Waals surface area contributed by atoms with Crippen molar-refractivity contribution in [1.29, 1.82) is 0 Å². The van der Waals surface area contributed by atoms with Crippen LogP contribution < -0.4 is 15.8 Å². The minimum absolute atomic E-state index is 0.449. The van der Waals surface area contributed by atoms with Crippen LogP contribution in [0.4, 0.5) is 11.5 Å². The van der Waals surface area contributed by atoms with Gasteiger partial charge in [0.05, 0.1) is 6.61 Å². The van der Waals surface area contributed by atoms with Gasteiger partial charge in [0.15, 0.2) is 5.82 Å². The van der Waals surface area contributed by atoms with E-state index in [1.807, 2.05) is 7.05 Å². The van der Waals surface area contributed by atoms with Gasteiger partial charge in [0.2, 0.25) is 5.88 Å². The summed E-state index contributed by atoms with van der Waals surface area (Å²) in [5, 5.41) is 3.05. The number of aromatic nitrogens is 2. The maximum Gasteiger partial charge on any atom is 0.242 e. The highest BCUT2D eigenvalue weighted by Gasteiger charge is 2.21. The Hall–Kier alpha value is -1.52. The van der Waals surface area contributed by atoms with E-state index in [0.29, 0.717) is 29.9 Å². The molecule has 2 rings (SSSR count). The smallest absolute Gasteiger partial charge is 0.242 e. The van der Waals surface area contributed by atoms with E-state index in [9.17, 15) is 0 Å². The van der Waals surface area contributed by atoms with Gasteiger partial charge in [-0.05, 0) is 19.3 Å². The third-order valence-corrected chi connectivity index (χ3v) is 3.87. The fourth-order valence-electron chi connectivity index (χ4n) is 2.62. The van der Waals surface area contributed by atoms with Gasteiger partial charge >= 0.3 is 0 Å². The summed E-state index contributed by atoms with van der Waals surface area (Å²) in [4.78, 5) is 9.15. The van der Waals surface area contributed by atoms with Gasteiger partial charge < -0.3 is 15.8 Å². The van der Waals surface area contributed by atoms with Gasteiger partial charge in [0.1, 0.15) is 11.5 Å². The monoisotopic (exact) mass is 278 g/mol. The first-order chi connectivity index (χ1) is 9.76. The largest absolute Gasteiger partial charge is 0.476 e. The topological polar surface area (TPSA) is 73.1 Å². The molecule has 0 saturated heterocycles. The Balaban J connectivity index is 2.20. The number of nitrogens with one attached hydrogen (secondary N) is 1. The zero-order valence-corrected chi connectivity index (χ0v) is 12.6. The molecule has 1 fully saturated rings. The molecule has 1 heterocycles. The Morgan fingerprint density at radius 1 is 1.25 bits per heavy atom. The molecule has 0 atom stereocenters. The summed E-state index contributed by atoms with van der Waals surface area (Å²) < 4.78 is 5.74. The SMILES string of the molecule is CCCCOc1nc(C2CCCCC2)nc(NC)c1N. The van der Waals surface area contributed by atoms with Crippen molar-refractivity contribution in [2.45, 2.75) is 57.8 Å². The first kappa shape index (κ1) is 14.9. The van der Waals surface area contributed by atoms with E-state index < -0.39 is 0 Å². The maximum atomic E-state index is 6.06. The van der Waals surface area contributed by atoms with Gasteiger partial charge in [-0.3, -0.25) is 0 Å². The number of nitrogens with zero attached hydrogens (tertiary/aromatic N) is 2. The zero-order valence-electron chi connectivity index (χ0n) is 12.6. The van der Waals surface area contributed by atoms with Crippen LogP contribution in [-0.2, 0) is 0 Å². The molecule has 0 bridgehead atoms. The van der Waals surface area contributed by atoms with Crippen LogP contribution in [0.25, 0.3) is 0 Å². The van der Waals surface area contributed by atoms with E-state index in [2.05, 4.69) is 22.2 Å². The van der Waals surface area contributed by atoms with Gasteiger partial charge in [0, 0.05) is 13.0 Å². The summed E-state index contributed by atoms with van der Waals surface area (Å²) in [5.74, 6) is 2.56. The van der Waals surface area contributed by atoms with E-state index in [0.717, 1.165) is 18.7 Å². The second kappa shape index (κ2) is 7.31. The van der Waals surface area contributed by atoms with Crippen molar-refractivity contribution in [3.05, 3.63) is 5.82 Å². The van der Waals surface area contributed by atoms with Gasteiger partial charge in [-0.15, -0.1) is 0 Å². The Morgan fingerprint density at radius 3 is 2.65 bits per heavy atom. The van der Waals surface area contributed by atoms with Crippen molar-refractivity contribution in [3.8, 4) is 5.88 Å². The zero-order chi connectivity index (χ0) is 14.4. The molecule has 0 aliphatic heterocycles. The number of hydrogen-bond acceptors (Lipinski definition) is 5. The van der Waals surface area contributed by atoms with Crippen molar-refractivity contribution < 1.29 is 4.74 Å². The number of ether oxygens (including phenoxy) is 1. The van der Waals surface area contributed by atoms with Crippen LogP contribution in [0.5, 0.6) is 5.88 Å². The lowest BCUT2D eigenvalue weighted by Gasteiger charge is -2.22. The standard InChI is InChI=1S/C15H26N4O/c1-3-4-10-20-15-12(16)14(17-2)18-13(19-15)11-8-6-5-7-9-11/h11H,3-10,16H2,1-2H3,(H,17,18,19). The predicted octanol–water partition coefficient (Wildman–Crippen LogP) is 3.33. The third kappa shape index (κ3) is 3.52. The van der Waals surface area contributed by atoms with Crippen LogP contribution in [0.15, 0.2) is 0 Å². The molecule has 20 heavy (non-hydrogen) atoms. The molecule has 1 aromatic heterocycles. The molecule has 1 saturated carbocycles. The summed E-state index contributed by atoms with van der Waals surface area (Å²) in [7, 11) is 1.83. The molecule has 112 valence electrons. The van der Waals surface area contributed by atoms with Gasteiger partial charge in [0.25, 0.3) is 0 Å². The van der Waals surface area contributed by atoms with Crippen LogP contribution in [-0.4, -0.2) is 23.6 Å². The summed E-state index contributed by atoms with van der Waals surface area (Å²) in [6.07, 6.45) is 8.29. The molecule has 5 heteroatoms. The molecular weight excluding hydrogens is 252 g/mol. The van der Waals surface area contributed by atoms with E-state index in [4.69, 9.17) is 10.5 Å². The molecule has 0 unspecified atom stereocenters. The highest BCUT2D eigenvalue weighted by atomic mass is 16.5. The Labute approximate surface area is 121 Å². The summed E-state index contributed by atoms with van der Waals surface area (Å²) >= 11 is 0. The molecule has 5 nitrogen and oxygen atoms in total. The number of nitrogen functional groups attached to an aromatic ring is 1. The molecule has 0 aromatic carbocycles. The average molecular weight is 278 g/mol. The van der Waals surface area contributed by atoms with E-state index >= 15 is 0 Å². The number of hydrogen-bond donors (Lipinski definition) is 2. The van der Waals surface area contributed by atoms with E-state index in [1.165, 1.54) is 32.1 Å². The molecule has 0 spiro atoms. The van der Waals surface area contributed by atoms with E-state index in [1.54, 1.807) is 0 Å². The van der Waals surface area contributed by atoms with Crippen molar-refractivity contribution >= 4 is 11.5 Å². The molecule has 1 aliphatic carbocycles. The van der Waals surface area contributed by atoms with Gasteiger partial charge in [-0.1, -0.05) is 32.6 Å². The molecule has 1 aliphatic rings. The third-order valence-electron chi connectivity index (χ3n) is 3.87. The Kier molecular flexibility index (Phi) is 5.44. The van der Waals surface area contributed by atoms with Crippen molar-refractivity contribution in [2.75, 3.05) is 24.7 Å². The number of nitrogens with two attached hydrogens (primary N) is 1. The van der Waals surface area contributed by atoms with Crippen LogP contribution in [0.2, 0.25) is 0 Å². The lowest BCUT2D eigenvalue weighted by atomic mass is 9.88. The van der Waals surface area contributed by atoms with Crippen LogP contribution in [0.1, 0.15) is 63.6 Å².